The summed E-state index contributed by atoms with van der Waals surface area (Å²) in [6.45, 7) is 13.1. The summed E-state index contributed by atoms with van der Waals surface area (Å²) in [6, 6.07) is 0. The molecule has 0 aromatic heterocycles. The average molecular weight is 280 g/mol. The van der Waals surface area contributed by atoms with Crippen molar-refractivity contribution in [1.82, 2.24) is 4.90 Å². The van der Waals surface area contributed by atoms with Crippen molar-refractivity contribution in [3.05, 3.63) is 25.3 Å². The van der Waals surface area contributed by atoms with Crippen LogP contribution in [-0.2, 0) is 0 Å². The number of hydrogen-bond donors (Lipinski definition) is 0. The van der Waals surface area contributed by atoms with Gasteiger partial charge in [-0.2, -0.15) is 0 Å². The Morgan fingerprint density at radius 2 is 1.05 bits per heavy atom. The summed E-state index contributed by atoms with van der Waals surface area (Å²) in [6.07, 6.45) is 19.5. The molecule has 0 N–H and O–H groups in total. The first kappa shape index (κ1) is 19.4. The summed E-state index contributed by atoms with van der Waals surface area (Å²) < 4.78 is 0. The highest BCUT2D eigenvalue weighted by Gasteiger charge is 1.99. The molecule has 0 spiro atoms. The molecule has 1 heteroatoms. The van der Waals surface area contributed by atoms with Gasteiger partial charge < -0.3 is 0 Å². The summed E-state index contributed by atoms with van der Waals surface area (Å²) in [7, 11) is 0. The van der Waals surface area contributed by atoms with E-state index in [4.69, 9.17) is 0 Å². The van der Waals surface area contributed by atoms with E-state index >= 15 is 0 Å². The molecule has 0 saturated heterocycles. The molecular formula is C19H37N. The van der Waals surface area contributed by atoms with Gasteiger partial charge in [0.05, 0.1) is 0 Å². The second kappa shape index (κ2) is 16.5. The lowest BCUT2D eigenvalue weighted by Crippen LogP contribution is -2.24. The Morgan fingerprint density at radius 1 is 0.650 bits per heavy atom. The van der Waals surface area contributed by atoms with Gasteiger partial charge in [-0.25, -0.2) is 0 Å². The number of hydrogen-bond acceptors (Lipinski definition) is 1. The summed E-state index contributed by atoms with van der Waals surface area (Å²) in [4.78, 5) is 2.41. The second-order valence-electron chi connectivity index (χ2n) is 5.87. The van der Waals surface area contributed by atoms with Gasteiger partial charge in [0.1, 0.15) is 0 Å². The van der Waals surface area contributed by atoms with Gasteiger partial charge in [-0.1, -0.05) is 83.3 Å². The van der Waals surface area contributed by atoms with Crippen LogP contribution in [-0.4, -0.2) is 24.5 Å². The zero-order chi connectivity index (χ0) is 14.9. The van der Waals surface area contributed by atoms with E-state index in [2.05, 4.69) is 25.0 Å². The van der Waals surface area contributed by atoms with Crippen LogP contribution in [0.1, 0.15) is 77.6 Å². The molecule has 118 valence electrons. The first-order valence-electron chi connectivity index (χ1n) is 8.79. The molecule has 20 heavy (non-hydrogen) atoms. The van der Waals surface area contributed by atoms with Crippen LogP contribution in [0.25, 0.3) is 0 Å². The molecule has 0 heterocycles. The highest BCUT2D eigenvalue weighted by molar-refractivity contribution is 4.79. The molecule has 1 nitrogen and oxygen atoms in total. The molecular weight excluding hydrogens is 242 g/mol. The smallest absolute Gasteiger partial charge is 0.0163 e. The molecule has 0 rings (SSSR count). The molecule has 0 bridgehead atoms. The first-order valence-corrected chi connectivity index (χ1v) is 8.79. The van der Waals surface area contributed by atoms with Gasteiger partial charge in [0.25, 0.3) is 0 Å². The summed E-state index contributed by atoms with van der Waals surface area (Å²) >= 11 is 0. The van der Waals surface area contributed by atoms with Crippen molar-refractivity contribution in [2.24, 2.45) is 0 Å². The number of unbranched alkanes of at least 4 members (excludes halogenated alkanes) is 10. The number of nitrogens with zero attached hydrogens (tertiary/aromatic N) is 1. The maximum atomic E-state index is 3.81. The fourth-order valence-corrected chi connectivity index (χ4v) is 2.62. The summed E-state index contributed by atoms with van der Waals surface area (Å²) in [5.74, 6) is 0. The Morgan fingerprint density at radius 3 is 1.45 bits per heavy atom. The standard InChI is InChI=1S/C19H37N/c1-4-7-8-9-10-11-12-13-14-15-16-19-20(17-5-2)18-6-3/h5-6H,2-4,7-19H2,1H3. The largest absolute Gasteiger partial charge is 0.296 e. The van der Waals surface area contributed by atoms with Crippen LogP contribution in [0, 0.1) is 0 Å². The van der Waals surface area contributed by atoms with Gasteiger partial charge in [0.2, 0.25) is 0 Å². The molecule has 0 aromatic carbocycles. The van der Waals surface area contributed by atoms with Crippen LogP contribution in [0.15, 0.2) is 25.3 Å². The van der Waals surface area contributed by atoms with Crippen molar-refractivity contribution < 1.29 is 0 Å². The van der Waals surface area contributed by atoms with Gasteiger partial charge in [0.15, 0.2) is 0 Å². The topological polar surface area (TPSA) is 3.24 Å². The van der Waals surface area contributed by atoms with Crippen molar-refractivity contribution in [2.45, 2.75) is 77.6 Å². The quantitative estimate of drug-likeness (QED) is 0.248. The van der Waals surface area contributed by atoms with E-state index in [0.717, 1.165) is 13.1 Å². The van der Waals surface area contributed by atoms with Gasteiger partial charge >= 0.3 is 0 Å². The maximum absolute atomic E-state index is 3.81. The van der Waals surface area contributed by atoms with Crippen LogP contribution in [0.4, 0.5) is 0 Å². The van der Waals surface area contributed by atoms with Crippen molar-refractivity contribution in [3.8, 4) is 0 Å². The highest BCUT2D eigenvalue weighted by atomic mass is 15.1. The molecule has 0 aliphatic rings. The second-order valence-corrected chi connectivity index (χ2v) is 5.87. The zero-order valence-corrected chi connectivity index (χ0v) is 13.9. The van der Waals surface area contributed by atoms with Crippen LogP contribution < -0.4 is 0 Å². The zero-order valence-electron chi connectivity index (χ0n) is 13.9. The molecule has 0 aliphatic carbocycles. The van der Waals surface area contributed by atoms with Crippen LogP contribution in [0.2, 0.25) is 0 Å². The summed E-state index contributed by atoms with van der Waals surface area (Å²) in [5, 5.41) is 0. The predicted molar refractivity (Wildman–Crippen MR) is 93.3 cm³/mol. The minimum atomic E-state index is 0.990. The van der Waals surface area contributed by atoms with Gasteiger partial charge in [-0.15, -0.1) is 13.2 Å². The van der Waals surface area contributed by atoms with Crippen LogP contribution in [0.5, 0.6) is 0 Å². The molecule has 0 fully saturated rings. The lowest BCUT2D eigenvalue weighted by molar-refractivity contribution is 0.324. The lowest BCUT2D eigenvalue weighted by Gasteiger charge is -2.18. The monoisotopic (exact) mass is 279 g/mol. The van der Waals surface area contributed by atoms with E-state index in [1.54, 1.807) is 0 Å². The van der Waals surface area contributed by atoms with Crippen molar-refractivity contribution >= 4 is 0 Å². The van der Waals surface area contributed by atoms with E-state index in [1.807, 2.05) is 12.2 Å². The Bertz CT molecular complexity index is 200. The molecule has 0 aliphatic heterocycles. The van der Waals surface area contributed by atoms with E-state index < -0.39 is 0 Å². The molecule has 0 radical (unpaired) electrons. The Labute approximate surface area is 128 Å². The van der Waals surface area contributed by atoms with E-state index in [0.29, 0.717) is 0 Å². The fraction of sp³-hybridized carbons (Fsp3) is 0.789. The summed E-state index contributed by atoms with van der Waals surface area (Å²) in [5.41, 5.74) is 0. The van der Waals surface area contributed by atoms with E-state index in [-0.39, 0.29) is 0 Å². The average Bonchev–Trinajstić information content (AvgIpc) is 2.45. The molecule has 0 aromatic rings. The molecule has 0 amide bonds. The fourth-order valence-electron chi connectivity index (χ4n) is 2.62. The SMILES string of the molecule is C=CCN(CC=C)CCCCCCCCCCCCC. The van der Waals surface area contributed by atoms with Gasteiger partial charge in [-0.3, -0.25) is 4.90 Å². The third kappa shape index (κ3) is 13.9. The van der Waals surface area contributed by atoms with Crippen LogP contribution in [0.3, 0.4) is 0 Å². The number of rotatable bonds is 16. The Hall–Kier alpha value is -0.560. The van der Waals surface area contributed by atoms with Crippen LogP contribution >= 0.6 is 0 Å². The van der Waals surface area contributed by atoms with Crippen molar-refractivity contribution in [1.29, 1.82) is 0 Å². The lowest BCUT2D eigenvalue weighted by atomic mass is 10.1. The molecule has 0 saturated carbocycles. The normalized spacial score (nSPS) is 10.9. The first-order chi connectivity index (χ1) is 9.85. The van der Waals surface area contributed by atoms with E-state index in [1.165, 1.54) is 77.2 Å². The van der Waals surface area contributed by atoms with Gasteiger partial charge in [-0.05, 0) is 13.0 Å². The minimum absolute atomic E-state index is 0.990. The molecule has 0 atom stereocenters. The van der Waals surface area contributed by atoms with E-state index in [9.17, 15) is 0 Å². The Balaban J connectivity index is 3.22. The maximum Gasteiger partial charge on any atom is 0.0163 e. The third-order valence-corrected chi connectivity index (χ3v) is 3.85. The Kier molecular flexibility index (Phi) is 16.0. The predicted octanol–water partition coefficient (Wildman–Crippen LogP) is 5.97. The molecule has 0 unspecified atom stereocenters. The van der Waals surface area contributed by atoms with Crippen molar-refractivity contribution in [3.63, 3.8) is 0 Å². The van der Waals surface area contributed by atoms with Crippen molar-refractivity contribution in [2.75, 3.05) is 19.6 Å². The third-order valence-electron chi connectivity index (χ3n) is 3.85. The van der Waals surface area contributed by atoms with Gasteiger partial charge in [0, 0.05) is 13.1 Å². The minimum Gasteiger partial charge on any atom is -0.296 e. The highest BCUT2D eigenvalue weighted by Crippen LogP contribution is 2.11.